The molecule has 1 atom stereocenters. The Morgan fingerprint density at radius 2 is 1.32 bits per heavy atom. The summed E-state index contributed by atoms with van der Waals surface area (Å²) in [5.41, 5.74) is 12.5. The molecule has 0 aliphatic heterocycles. The Bertz CT molecular complexity index is 2810. The second-order valence-electron chi connectivity index (χ2n) is 12.5. The number of benzene rings is 6. The van der Waals surface area contributed by atoms with Crippen molar-refractivity contribution in [1.82, 2.24) is 4.57 Å². The van der Waals surface area contributed by atoms with E-state index in [0.717, 1.165) is 38.6 Å². The summed E-state index contributed by atoms with van der Waals surface area (Å²) in [7, 11) is 0. The maximum absolute atomic E-state index is 13.1. The molecule has 3 heteroatoms. The minimum atomic E-state index is -0.526. The maximum Gasteiger partial charge on any atom is 0.344 e. The topological polar surface area (TPSA) is 35.1 Å². The fourth-order valence-electron chi connectivity index (χ4n) is 8.60. The minimum absolute atomic E-state index is 0.328. The molecular formula is C44H27NO2. The van der Waals surface area contributed by atoms with Gasteiger partial charge >= 0.3 is 5.63 Å². The number of hydrogen-bond acceptors (Lipinski definition) is 2. The fraction of sp³-hybridized carbons (Fsp3) is 0.0227. The quantitative estimate of drug-likeness (QED) is 0.146. The van der Waals surface area contributed by atoms with E-state index < -0.39 is 5.41 Å². The molecule has 0 N–H and O–H groups in total. The van der Waals surface area contributed by atoms with Crippen molar-refractivity contribution in [2.24, 2.45) is 0 Å². The highest BCUT2D eigenvalue weighted by molar-refractivity contribution is 6.17. The summed E-state index contributed by atoms with van der Waals surface area (Å²) in [5, 5.41) is 4.73. The van der Waals surface area contributed by atoms with Crippen LogP contribution in [0.2, 0.25) is 0 Å². The lowest BCUT2D eigenvalue weighted by molar-refractivity contribution is 0.569. The first-order chi connectivity index (χ1) is 23.1. The summed E-state index contributed by atoms with van der Waals surface area (Å²) in [4.78, 5) is 13.1. The predicted octanol–water partition coefficient (Wildman–Crippen LogP) is 10.5. The van der Waals surface area contributed by atoms with Crippen LogP contribution >= 0.6 is 0 Å². The minimum Gasteiger partial charge on any atom is -0.422 e. The molecule has 6 aromatic carbocycles. The van der Waals surface area contributed by atoms with Crippen LogP contribution in [0.25, 0.3) is 65.9 Å². The Morgan fingerprint density at radius 1 is 0.638 bits per heavy atom. The number of aromatic nitrogens is 1. The van der Waals surface area contributed by atoms with Crippen LogP contribution in [-0.2, 0) is 5.41 Å². The maximum atomic E-state index is 13.1. The van der Waals surface area contributed by atoms with Gasteiger partial charge in [-0.3, -0.25) is 0 Å². The molecule has 2 aliphatic carbocycles. The molecule has 47 heavy (non-hydrogen) atoms. The third-order valence-corrected chi connectivity index (χ3v) is 10.4. The van der Waals surface area contributed by atoms with E-state index in [-0.39, 0.29) is 5.63 Å². The number of fused-ring (bicyclic) bond motifs is 14. The van der Waals surface area contributed by atoms with Gasteiger partial charge in [-0.2, -0.15) is 0 Å². The van der Waals surface area contributed by atoms with Gasteiger partial charge in [-0.15, -0.1) is 0 Å². The Labute approximate surface area is 270 Å². The molecule has 10 rings (SSSR count). The second-order valence-corrected chi connectivity index (χ2v) is 12.5. The van der Waals surface area contributed by atoms with Gasteiger partial charge in [-0.25, -0.2) is 4.79 Å². The lowest BCUT2D eigenvalue weighted by atomic mass is 9.70. The van der Waals surface area contributed by atoms with Crippen molar-refractivity contribution in [1.29, 1.82) is 0 Å². The lowest BCUT2D eigenvalue weighted by Crippen LogP contribution is -2.25. The van der Waals surface area contributed by atoms with Crippen LogP contribution in [0, 0.1) is 0 Å². The molecule has 220 valence electrons. The van der Waals surface area contributed by atoms with Gasteiger partial charge in [-0.1, -0.05) is 122 Å². The zero-order chi connectivity index (χ0) is 31.4. The van der Waals surface area contributed by atoms with Crippen LogP contribution in [0.5, 0.6) is 0 Å². The highest BCUT2D eigenvalue weighted by Crippen LogP contribution is 2.64. The standard InChI is InChI=1S/C44H27NO2/c1-3-12-35-26(2)28-13-4-8-17-36(28)44(35)37-18-9-5-16-33(37)41-38(44)24-23-31-29-14-6-10-19-39(29)45(42(31)41)27-21-22-32-34(25-27)30-15-7-11-20-40(30)47-43(32)46/h3-25H,1-2H2/b35-12+. The Balaban J connectivity index is 1.40. The van der Waals surface area contributed by atoms with Crippen molar-refractivity contribution in [3.8, 4) is 16.8 Å². The normalized spacial score (nSPS) is 17.3. The van der Waals surface area contributed by atoms with Crippen molar-refractivity contribution in [2.45, 2.75) is 5.41 Å². The van der Waals surface area contributed by atoms with E-state index in [1.807, 2.05) is 42.5 Å². The lowest BCUT2D eigenvalue weighted by Gasteiger charge is -2.30. The third-order valence-electron chi connectivity index (χ3n) is 10.4. The average Bonchev–Trinajstić information content (AvgIpc) is 3.70. The van der Waals surface area contributed by atoms with Crippen LogP contribution in [-0.4, -0.2) is 4.57 Å². The monoisotopic (exact) mass is 601 g/mol. The highest BCUT2D eigenvalue weighted by atomic mass is 16.4. The summed E-state index contributed by atoms with van der Waals surface area (Å²) in [6, 6.07) is 44.6. The molecule has 0 saturated heterocycles. The molecule has 0 bridgehead atoms. The third kappa shape index (κ3) is 3.13. The number of rotatable bonds is 2. The summed E-state index contributed by atoms with van der Waals surface area (Å²) >= 11 is 0. The van der Waals surface area contributed by atoms with Gasteiger partial charge in [0.25, 0.3) is 0 Å². The average molecular weight is 602 g/mol. The molecule has 3 nitrogen and oxygen atoms in total. The molecule has 2 aromatic heterocycles. The van der Waals surface area contributed by atoms with Gasteiger partial charge in [0.05, 0.1) is 21.8 Å². The van der Waals surface area contributed by atoms with Gasteiger partial charge < -0.3 is 8.98 Å². The second kappa shape index (κ2) is 9.18. The van der Waals surface area contributed by atoms with Crippen molar-refractivity contribution < 1.29 is 4.42 Å². The molecule has 0 saturated carbocycles. The summed E-state index contributed by atoms with van der Waals surface area (Å²) in [5.74, 6) is 0. The van der Waals surface area contributed by atoms with Crippen LogP contribution in [0.1, 0.15) is 22.3 Å². The predicted molar refractivity (Wildman–Crippen MR) is 193 cm³/mol. The van der Waals surface area contributed by atoms with Crippen LogP contribution in [0.4, 0.5) is 0 Å². The van der Waals surface area contributed by atoms with Crippen LogP contribution in [0.15, 0.2) is 167 Å². The van der Waals surface area contributed by atoms with E-state index in [2.05, 4.69) is 115 Å². The van der Waals surface area contributed by atoms with E-state index in [1.54, 1.807) is 0 Å². The van der Waals surface area contributed by atoms with Gasteiger partial charge in [0.2, 0.25) is 0 Å². The van der Waals surface area contributed by atoms with E-state index in [0.29, 0.717) is 11.0 Å². The van der Waals surface area contributed by atoms with Crippen molar-refractivity contribution >= 4 is 49.1 Å². The molecular weight excluding hydrogens is 574 g/mol. The van der Waals surface area contributed by atoms with Gasteiger partial charge in [0, 0.05) is 32.8 Å². The van der Waals surface area contributed by atoms with Gasteiger partial charge in [0.15, 0.2) is 0 Å². The van der Waals surface area contributed by atoms with E-state index >= 15 is 0 Å². The molecule has 2 aliphatic rings. The van der Waals surface area contributed by atoms with Crippen molar-refractivity contribution in [3.63, 3.8) is 0 Å². The summed E-state index contributed by atoms with van der Waals surface area (Å²) in [6.45, 7) is 8.75. The van der Waals surface area contributed by atoms with Crippen molar-refractivity contribution in [2.75, 3.05) is 0 Å². The number of allylic oxidation sites excluding steroid dienone is 4. The Hall–Kier alpha value is -6.19. The highest BCUT2D eigenvalue weighted by Gasteiger charge is 2.53. The molecule has 0 fully saturated rings. The molecule has 0 amide bonds. The molecule has 8 aromatic rings. The molecule has 2 heterocycles. The number of para-hydroxylation sites is 2. The first-order valence-electron chi connectivity index (χ1n) is 15.9. The van der Waals surface area contributed by atoms with E-state index in [1.165, 1.54) is 44.2 Å². The van der Waals surface area contributed by atoms with Crippen LogP contribution in [0.3, 0.4) is 0 Å². The summed E-state index contributed by atoms with van der Waals surface area (Å²) in [6.07, 6.45) is 4.04. The van der Waals surface area contributed by atoms with Gasteiger partial charge in [0.1, 0.15) is 5.58 Å². The first kappa shape index (κ1) is 26.1. The number of nitrogens with zero attached hydrogens (tertiary/aromatic N) is 1. The zero-order valence-electron chi connectivity index (χ0n) is 25.5. The SMILES string of the molecule is C=C/C=C1\C(=C)c2ccccc2C12c1ccccc1-c1c2ccc2c3ccccc3n(-c3ccc4c(=O)oc5ccccc5c4c3)c12. The largest absolute Gasteiger partial charge is 0.422 e. The first-order valence-corrected chi connectivity index (χ1v) is 15.9. The van der Waals surface area contributed by atoms with E-state index in [9.17, 15) is 4.79 Å². The summed E-state index contributed by atoms with van der Waals surface area (Å²) < 4.78 is 8.07. The van der Waals surface area contributed by atoms with E-state index in [4.69, 9.17) is 4.42 Å². The Kier molecular flexibility index (Phi) is 5.09. The Morgan fingerprint density at radius 3 is 2.15 bits per heavy atom. The fourth-order valence-corrected chi connectivity index (χ4v) is 8.60. The van der Waals surface area contributed by atoms with Crippen LogP contribution < -0.4 is 5.63 Å². The zero-order valence-corrected chi connectivity index (χ0v) is 25.5. The smallest absolute Gasteiger partial charge is 0.344 e. The number of hydrogen-bond donors (Lipinski definition) is 0. The molecule has 0 radical (unpaired) electrons. The van der Waals surface area contributed by atoms with Crippen molar-refractivity contribution in [3.05, 3.63) is 191 Å². The molecule has 1 spiro atoms. The van der Waals surface area contributed by atoms with Gasteiger partial charge in [-0.05, 0) is 69.3 Å². The molecule has 1 unspecified atom stereocenters.